The average molecular weight is 490 g/mol. The Balaban J connectivity index is 3.60. The molecule has 0 heterocycles. The molecule has 0 aliphatic carbocycles. The third-order valence-electron chi connectivity index (χ3n) is 5.80. The summed E-state index contributed by atoms with van der Waals surface area (Å²) in [5.41, 5.74) is 1.71. The van der Waals surface area contributed by atoms with E-state index in [4.69, 9.17) is 4.74 Å². The predicted molar refractivity (Wildman–Crippen MR) is 141 cm³/mol. The third-order valence-corrected chi connectivity index (χ3v) is 5.80. The lowest BCUT2D eigenvalue weighted by molar-refractivity contribution is -0.146. The molecule has 3 unspecified atom stereocenters. The molecule has 2 N–H and O–H groups in total. The summed E-state index contributed by atoms with van der Waals surface area (Å²) in [7, 11) is 0. The highest BCUT2D eigenvalue weighted by Gasteiger charge is 2.40. The molecule has 0 spiro atoms. The van der Waals surface area contributed by atoms with Crippen molar-refractivity contribution >= 4 is 17.9 Å². The number of benzene rings is 1. The monoisotopic (exact) mass is 489 g/mol. The number of carbonyl (C=O) groups excluding carboxylic acids is 3. The van der Waals surface area contributed by atoms with Crippen LogP contribution < -0.4 is 10.6 Å². The number of nitrogens with zero attached hydrogens (tertiary/aromatic N) is 1. The maximum absolute atomic E-state index is 14.1. The molecule has 7 heteroatoms. The van der Waals surface area contributed by atoms with Crippen LogP contribution in [0.5, 0.6) is 0 Å². The Hall–Kier alpha value is -2.57. The highest BCUT2D eigenvalue weighted by molar-refractivity contribution is 5.92. The fourth-order valence-electron chi connectivity index (χ4n) is 3.72. The predicted octanol–water partition coefficient (Wildman–Crippen LogP) is 5.44. The Morgan fingerprint density at radius 2 is 1.54 bits per heavy atom. The summed E-state index contributed by atoms with van der Waals surface area (Å²) in [4.78, 5) is 42.0. The van der Waals surface area contributed by atoms with E-state index in [1.54, 1.807) is 25.7 Å². The molecule has 0 aromatic heterocycles. The molecule has 0 saturated heterocycles. The van der Waals surface area contributed by atoms with E-state index < -0.39 is 29.3 Å². The fraction of sp³-hybridized carbons (Fsp3) is 0.679. The molecule has 0 aliphatic rings. The Morgan fingerprint density at radius 1 is 0.971 bits per heavy atom. The summed E-state index contributed by atoms with van der Waals surface area (Å²) in [5, 5.41) is 5.82. The second-order valence-corrected chi connectivity index (χ2v) is 11.9. The molecular formula is C28H47N3O4. The van der Waals surface area contributed by atoms with Gasteiger partial charge in [0.2, 0.25) is 11.8 Å². The van der Waals surface area contributed by atoms with Crippen LogP contribution >= 0.6 is 0 Å². The Morgan fingerprint density at radius 3 is 1.97 bits per heavy atom. The summed E-state index contributed by atoms with van der Waals surface area (Å²) in [6.07, 6.45) is -0.0110. The normalized spacial score (nSPS) is 14.7. The minimum absolute atomic E-state index is 0.215. The van der Waals surface area contributed by atoms with Crippen molar-refractivity contribution in [1.82, 2.24) is 15.5 Å². The molecule has 0 bridgehead atoms. The number of nitrogens with one attached hydrogen (secondary N) is 2. The van der Waals surface area contributed by atoms with Gasteiger partial charge in [-0.2, -0.15) is 0 Å². The zero-order valence-corrected chi connectivity index (χ0v) is 23.8. The Kier molecular flexibility index (Phi) is 10.4. The zero-order chi connectivity index (χ0) is 27.3. The minimum atomic E-state index is -0.852. The van der Waals surface area contributed by atoms with Crippen LogP contribution in [0.4, 0.5) is 4.79 Å². The molecule has 7 nitrogen and oxygen atoms in total. The van der Waals surface area contributed by atoms with Gasteiger partial charge in [0.15, 0.2) is 0 Å². The molecular weight excluding hydrogens is 442 g/mol. The van der Waals surface area contributed by atoms with Crippen molar-refractivity contribution in [1.29, 1.82) is 0 Å². The SMILES string of the molecule is CCC(C)N(C(=O)C(NC(=O)OC(C)(C)C)C(C)C)C(C(=O)NC(C)(C)C)c1ccc(C)c(C)c1. The topological polar surface area (TPSA) is 87.7 Å². The van der Waals surface area contributed by atoms with E-state index >= 15 is 0 Å². The van der Waals surface area contributed by atoms with Crippen LogP contribution in [0.2, 0.25) is 0 Å². The van der Waals surface area contributed by atoms with E-state index in [1.165, 1.54) is 0 Å². The Bertz CT molecular complexity index is 896. The maximum atomic E-state index is 14.1. The van der Waals surface area contributed by atoms with Gasteiger partial charge in [-0.15, -0.1) is 0 Å². The van der Waals surface area contributed by atoms with Crippen molar-refractivity contribution in [2.45, 2.75) is 119 Å². The molecule has 35 heavy (non-hydrogen) atoms. The standard InChI is InChI=1S/C28H47N3O4/c1-13-20(6)31(25(33)22(17(2)3)29-26(34)35-28(10,11)12)23(24(32)30-27(7,8)9)21-15-14-18(4)19(5)16-21/h14-17,20,22-23H,13H2,1-12H3,(H,29,34)(H,30,32). The summed E-state index contributed by atoms with van der Waals surface area (Å²) >= 11 is 0. The van der Waals surface area contributed by atoms with E-state index in [1.807, 2.05) is 80.5 Å². The molecule has 3 amide bonds. The largest absolute Gasteiger partial charge is 0.444 e. The van der Waals surface area contributed by atoms with Gasteiger partial charge < -0.3 is 20.3 Å². The number of rotatable bonds is 8. The molecule has 1 rings (SSSR count). The first kappa shape index (κ1) is 30.5. The van der Waals surface area contributed by atoms with Gasteiger partial charge in [-0.25, -0.2) is 4.79 Å². The number of aryl methyl sites for hydroxylation is 2. The fourth-order valence-corrected chi connectivity index (χ4v) is 3.72. The van der Waals surface area contributed by atoms with Crippen LogP contribution in [0.15, 0.2) is 18.2 Å². The zero-order valence-electron chi connectivity index (χ0n) is 23.8. The molecule has 0 saturated carbocycles. The molecule has 1 aromatic carbocycles. The van der Waals surface area contributed by atoms with E-state index in [2.05, 4.69) is 10.6 Å². The quantitative estimate of drug-likeness (QED) is 0.509. The average Bonchev–Trinajstić information content (AvgIpc) is 2.68. The molecule has 0 fully saturated rings. The maximum Gasteiger partial charge on any atom is 0.408 e. The molecule has 1 aromatic rings. The van der Waals surface area contributed by atoms with Gasteiger partial charge in [-0.3, -0.25) is 9.59 Å². The summed E-state index contributed by atoms with van der Waals surface area (Å²) < 4.78 is 5.42. The minimum Gasteiger partial charge on any atom is -0.444 e. The van der Waals surface area contributed by atoms with Crippen molar-refractivity contribution < 1.29 is 19.1 Å². The number of carbonyl (C=O) groups is 3. The number of hydrogen-bond donors (Lipinski definition) is 2. The van der Waals surface area contributed by atoms with Gasteiger partial charge in [0.25, 0.3) is 0 Å². The number of ether oxygens (including phenoxy) is 1. The first-order valence-electron chi connectivity index (χ1n) is 12.6. The molecule has 0 aliphatic heterocycles. The summed E-state index contributed by atoms with van der Waals surface area (Å²) in [6.45, 7) is 22.7. The first-order chi connectivity index (χ1) is 15.9. The van der Waals surface area contributed by atoms with E-state index in [0.29, 0.717) is 6.42 Å². The van der Waals surface area contributed by atoms with Gasteiger partial charge in [-0.05, 0) is 91.3 Å². The first-order valence-corrected chi connectivity index (χ1v) is 12.6. The second kappa shape index (κ2) is 11.9. The van der Waals surface area contributed by atoms with E-state index in [0.717, 1.165) is 16.7 Å². The van der Waals surface area contributed by atoms with Crippen molar-refractivity contribution in [3.63, 3.8) is 0 Å². The van der Waals surface area contributed by atoms with E-state index in [9.17, 15) is 14.4 Å². The van der Waals surface area contributed by atoms with Gasteiger partial charge in [0.05, 0.1) is 0 Å². The van der Waals surface area contributed by atoms with Crippen molar-refractivity contribution in [2.24, 2.45) is 5.92 Å². The van der Waals surface area contributed by atoms with Crippen LogP contribution in [0, 0.1) is 19.8 Å². The van der Waals surface area contributed by atoms with Gasteiger partial charge in [-0.1, -0.05) is 39.0 Å². The van der Waals surface area contributed by atoms with Crippen LogP contribution in [0.1, 0.15) is 98.4 Å². The lowest BCUT2D eigenvalue weighted by Gasteiger charge is -2.40. The third kappa shape index (κ3) is 9.19. The van der Waals surface area contributed by atoms with Crippen LogP contribution in [0.25, 0.3) is 0 Å². The van der Waals surface area contributed by atoms with Crippen molar-refractivity contribution in [3.05, 3.63) is 34.9 Å². The van der Waals surface area contributed by atoms with E-state index in [-0.39, 0.29) is 23.8 Å². The summed E-state index contributed by atoms with van der Waals surface area (Å²) in [5.74, 6) is -0.783. The second-order valence-electron chi connectivity index (χ2n) is 11.9. The lowest BCUT2D eigenvalue weighted by atomic mass is 9.94. The van der Waals surface area contributed by atoms with Crippen LogP contribution in [0.3, 0.4) is 0 Å². The van der Waals surface area contributed by atoms with Gasteiger partial charge >= 0.3 is 6.09 Å². The molecule has 0 radical (unpaired) electrons. The van der Waals surface area contributed by atoms with Crippen LogP contribution in [-0.2, 0) is 14.3 Å². The van der Waals surface area contributed by atoms with Crippen LogP contribution in [-0.4, -0.2) is 46.0 Å². The number of hydrogen-bond acceptors (Lipinski definition) is 4. The highest BCUT2D eigenvalue weighted by Crippen LogP contribution is 2.29. The molecule has 3 atom stereocenters. The highest BCUT2D eigenvalue weighted by atomic mass is 16.6. The van der Waals surface area contributed by atoms with Gasteiger partial charge in [0.1, 0.15) is 17.7 Å². The Labute approximate surface area is 212 Å². The molecule has 198 valence electrons. The smallest absolute Gasteiger partial charge is 0.408 e. The number of amides is 3. The van der Waals surface area contributed by atoms with Gasteiger partial charge in [0, 0.05) is 11.6 Å². The number of alkyl carbamates (subject to hydrolysis) is 1. The van der Waals surface area contributed by atoms with Crippen molar-refractivity contribution in [2.75, 3.05) is 0 Å². The summed E-state index contributed by atoms with van der Waals surface area (Å²) in [6, 6.07) is 3.90. The van der Waals surface area contributed by atoms with Crippen molar-refractivity contribution in [3.8, 4) is 0 Å². The lowest BCUT2D eigenvalue weighted by Crippen LogP contribution is -2.58.